The van der Waals surface area contributed by atoms with Crippen LogP contribution in [0.2, 0.25) is 0 Å². The number of thiocarbonyl (C=S) groups is 1. The van der Waals surface area contributed by atoms with Crippen molar-refractivity contribution in [2.45, 2.75) is 0 Å². The SMILES string of the molecule is COc1ccc(/C=C2\SC(=S)N(CC(=O)O)C2=O)cc1[N+](=O)[O-]. The first-order chi connectivity index (χ1) is 10.8. The van der Waals surface area contributed by atoms with Crippen LogP contribution in [0.25, 0.3) is 6.08 Å². The molecule has 1 saturated heterocycles. The van der Waals surface area contributed by atoms with E-state index in [1.165, 1.54) is 25.3 Å². The summed E-state index contributed by atoms with van der Waals surface area (Å²) in [6, 6.07) is 4.24. The summed E-state index contributed by atoms with van der Waals surface area (Å²) in [5, 5.41) is 19.8. The molecule has 1 aromatic rings. The molecule has 0 radical (unpaired) electrons. The number of ether oxygens (including phenoxy) is 1. The van der Waals surface area contributed by atoms with Gasteiger partial charge in [-0.1, -0.05) is 30.0 Å². The lowest BCUT2D eigenvalue weighted by Gasteiger charge is -2.10. The van der Waals surface area contributed by atoms with Crippen LogP contribution < -0.4 is 4.74 Å². The molecule has 1 amide bonds. The van der Waals surface area contributed by atoms with Gasteiger partial charge < -0.3 is 9.84 Å². The van der Waals surface area contributed by atoms with Gasteiger partial charge in [0.15, 0.2) is 5.75 Å². The molecule has 1 aliphatic rings. The highest BCUT2D eigenvalue weighted by atomic mass is 32.2. The van der Waals surface area contributed by atoms with E-state index in [0.29, 0.717) is 5.56 Å². The Balaban J connectivity index is 2.34. The molecule has 0 bridgehead atoms. The van der Waals surface area contributed by atoms with Crippen molar-refractivity contribution in [3.63, 3.8) is 0 Å². The van der Waals surface area contributed by atoms with Crippen LogP contribution in [0, 0.1) is 10.1 Å². The summed E-state index contributed by atoms with van der Waals surface area (Å²) in [5.41, 5.74) is 0.176. The number of thioether (sulfide) groups is 1. The van der Waals surface area contributed by atoms with Gasteiger partial charge in [-0.2, -0.15) is 0 Å². The zero-order valence-corrected chi connectivity index (χ0v) is 13.3. The fourth-order valence-corrected chi connectivity index (χ4v) is 3.12. The maximum atomic E-state index is 12.1. The number of benzene rings is 1. The summed E-state index contributed by atoms with van der Waals surface area (Å²) in [4.78, 5) is 34.4. The van der Waals surface area contributed by atoms with Gasteiger partial charge in [0.25, 0.3) is 5.91 Å². The number of nitro benzene ring substituents is 1. The van der Waals surface area contributed by atoms with E-state index in [-0.39, 0.29) is 20.7 Å². The lowest BCUT2D eigenvalue weighted by molar-refractivity contribution is -0.385. The molecule has 1 aromatic carbocycles. The number of aliphatic carboxylic acids is 1. The third-order valence-corrected chi connectivity index (χ3v) is 4.24. The highest BCUT2D eigenvalue weighted by Crippen LogP contribution is 2.34. The quantitative estimate of drug-likeness (QED) is 0.369. The number of carbonyl (C=O) groups is 2. The van der Waals surface area contributed by atoms with Crippen molar-refractivity contribution in [3.05, 3.63) is 38.8 Å². The van der Waals surface area contributed by atoms with Crippen molar-refractivity contribution < 1.29 is 24.4 Å². The number of nitro groups is 1. The molecule has 10 heteroatoms. The minimum Gasteiger partial charge on any atom is -0.490 e. The van der Waals surface area contributed by atoms with Crippen LogP contribution in [0.1, 0.15) is 5.56 Å². The number of rotatable bonds is 5. The van der Waals surface area contributed by atoms with Crippen molar-refractivity contribution in [2.24, 2.45) is 0 Å². The Hall–Kier alpha value is -2.46. The Bertz CT molecular complexity index is 746. The number of carboxylic acids is 1. The Morgan fingerprint density at radius 1 is 1.57 bits per heavy atom. The first-order valence-electron chi connectivity index (χ1n) is 6.13. The Labute approximate surface area is 139 Å². The maximum absolute atomic E-state index is 12.1. The number of methoxy groups -OCH3 is 1. The van der Waals surface area contributed by atoms with Crippen molar-refractivity contribution >= 4 is 51.9 Å². The van der Waals surface area contributed by atoms with Gasteiger partial charge in [-0.3, -0.25) is 24.6 Å². The Morgan fingerprint density at radius 2 is 2.26 bits per heavy atom. The molecule has 0 unspecified atom stereocenters. The molecule has 0 saturated carbocycles. The zero-order valence-electron chi connectivity index (χ0n) is 11.7. The number of carbonyl (C=O) groups excluding carboxylic acids is 1. The molecule has 0 atom stereocenters. The highest BCUT2D eigenvalue weighted by Gasteiger charge is 2.33. The largest absolute Gasteiger partial charge is 0.490 e. The fourth-order valence-electron chi connectivity index (χ4n) is 1.86. The maximum Gasteiger partial charge on any atom is 0.323 e. The summed E-state index contributed by atoms with van der Waals surface area (Å²) in [6.45, 7) is -0.523. The molecular weight excluding hydrogens is 344 g/mol. The number of hydrogen-bond acceptors (Lipinski definition) is 7. The first kappa shape index (κ1) is 16.9. The van der Waals surface area contributed by atoms with Crippen molar-refractivity contribution in [2.75, 3.05) is 13.7 Å². The summed E-state index contributed by atoms with van der Waals surface area (Å²) in [7, 11) is 1.32. The van der Waals surface area contributed by atoms with Crippen LogP contribution in [-0.2, 0) is 9.59 Å². The minimum absolute atomic E-state index is 0.102. The smallest absolute Gasteiger partial charge is 0.323 e. The van der Waals surface area contributed by atoms with Crippen LogP contribution in [0.5, 0.6) is 5.75 Å². The van der Waals surface area contributed by atoms with E-state index in [2.05, 4.69) is 0 Å². The monoisotopic (exact) mass is 354 g/mol. The van der Waals surface area contributed by atoms with Gasteiger partial charge in [0.2, 0.25) is 0 Å². The molecule has 1 fully saturated rings. The Morgan fingerprint density at radius 3 is 2.83 bits per heavy atom. The molecule has 8 nitrogen and oxygen atoms in total. The summed E-state index contributed by atoms with van der Waals surface area (Å²) in [6.07, 6.45) is 1.42. The average Bonchev–Trinajstić information content (AvgIpc) is 2.74. The Kier molecular flexibility index (Phi) is 4.96. The molecule has 0 aromatic heterocycles. The van der Waals surface area contributed by atoms with Crippen LogP contribution in [0.4, 0.5) is 5.69 Å². The van der Waals surface area contributed by atoms with Gasteiger partial charge in [0, 0.05) is 6.07 Å². The van der Waals surface area contributed by atoms with Gasteiger partial charge in [-0.05, 0) is 17.7 Å². The van der Waals surface area contributed by atoms with Gasteiger partial charge in [-0.15, -0.1) is 0 Å². The third-order valence-electron chi connectivity index (χ3n) is 2.86. The molecule has 1 aliphatic heterocycles. The molecule has 0 aliphatic carbocycles. The normalized spacial score (nSPS) is 16.0. The molecule has 0 spiro atoms. The number of nitrogens with zero attached hydrogens (tertiary/aromatic N) is 2. The van der Waals surface area contributed by atoms with E-state index in [9.17, 15) is 19.7 Å². The minimum atomic E-state index is -1.18. The summed E-state index contributed by atoms with van der Waals surface area (Å²) in [5.74, 6) is -1.62. The van der Waals surface area contributed by atoms with E-state index < -0.39 is 23.3 Å². The molecule has 1 N–H and O–H groups in total. The van der Waals surface area contributed by atoms with Crippen molar-refractivity contribution in [1.29, 1.82) is 0 Å². The van der Waals surface area contributed by atoms with E-state index in [4.69, 9.17) is 22.1 Å². The lowest BCUT2D eigenvalue weighted by Crippen LogP contribution is -2.33. The fraction of sp³-hybridized carbons (Fsp3) is 0.154. The second-order valence-electron chi connectivity index (χ2n) is 4.35. The van der Waals surface area contributed by atoms with E-state index >= 15 is 0 Å². The molecule has 2 rings (SSSR count). The summed E-state index contributed by atoms with van der Waals surface area (Å²) >= 11 is 5.92. The molecular formula is C13H10N2O6S2. The second-order valence-corrected chi connectivity index (χ2v) is 6.03. The van der Waals surface area contributed by atoms with Crippen molar-refractivity contribution in [1.82, 2.24) is 4.90 Å². The predicted octanol–water partition coefficient (Wildman–Crippen LogP) is 1.89. The van der Waals surface area contributed by atoms with Crippen LogP contribution in [0.15, 0.2) is 23.1 Å². The van der Waals surface area contributed by atoms with Gasteiger partial charge >= 0.3 is 11.7 Å². The second kappa shape index (κ2) is 6.75. The first-order valence-corrected chi connectivity index (χ1v) is 7.35. The van der Waals surface area contributed by atoms with Gasteiger partial charge in [-0.25, -0.2) is 0 Å². The topological polar surface area (TPSA) is 110 Å². The molecule has 23 heavy (non-hydrogen) atoms. The van der Waals surface area contributed by atoms with Crippen LogP contribution >= 0.6 is 24.0 Å². The predicted molar refractivity (Wildman–Crippen MR) is 87.2 cm³/mol. The zero-order chi connectivity index (χ0) is 17.1. The van der Waals surface area contributed by atoms with Crippen LogP contribution in [0.3, 0.4) is 0 Å². The molecule has 120 valence electrons. The standard InChI is InChI=1S/C13H10N2O6S2/c1-21-9-3-2-7(4-8(9)15(19)20)5-10-12(18)14(6-11(16)17)13(22)23-10/h2-5H,6H2,1H3,(H,16,17)/b10-5-. The van der Waals surface area contributed by atoms with Gasteiger partial charge in [0.1, 0.15) is 10.9 Å². The van der Waals surface area contributed by atoms with Crippen molar-refractivity contribution in [3.8, 4) is 5.75 Å². The number of carboxylic acid groups (broad SMARTS) is 1. The highest BCUT2D eigenvalue weighted by molar-refractivity contribution is 8.26. The molecule has 1 heterocycles. The lowest BCUT2D eigenvalue weighted by atomic mass is 10.1. The van der Waals surface area contributed by atoms with E-state index in [1.807, 2.05) is 0 Å². The van der Waals surface area contributed by atoms with Gasteiger partial charge in [0.05, 0.1) is 16.9 Å². The van der Waals surface area contributed by atoms with Crippen LogP contribution in [-0.4, -0.2) is 44.8 Å². The van der Waals surface area contributed by atoms with E-state index in [1.54, 1.807) is 6.07 Å². The number of amides is 1. The third kappa shape index (κ3) is 3.66. The van der Waals surface area contributed by atoms with E-state index in [0.717, 1.165) is 16.7 Å². The summed E-state index contributed by atoms with van der Waals surface area (Å²) < 4.78 is 5.03. The average molecular weight is 354 g/mol. The number of hydrogen-bond donors (Lipinski definition) is 1.